The molecule has 0 saturated carbocycles. The Kier molecular flexibility index (Phi) is 4.84. The van der Waals surface area contributed by atoms with Gasteiger partial charge in [-0.15, -0.1) is 11.3 Å². The predicted molar refractivity (Wildman–Crippen MR) is 104 cm³/mol. The number of imidazole rings is 1. The fraction of sp³-hybridized carbons (Fsp3) is 0.450. The Morgan fingerprint density at radius 2 is 2.00 bits per heavy atom. The van der Waals surface area contributed by atoms with Gasteiger partial charge in [0.25, 0.3) is 0 Å². The second kappa shape index (κ2) is 7.12. The molecule has 1 aliphatic rings. The summed E-state index contributed by atoms with van der Waals surface area (Å²) < 4.78 is 2.18. The Bertz CT molecular complexity index is 886. The Labute approximate surface area is 157 Å². The van der Waals surface area contributed by atoms with Crippen LogP contribution >= 0.6 is 11.3 Å². The topological polar surface area (TPSA) is 61.0 Å². The molecule has 2 N–H and O–H groups in total. The largest absolute Gasteiger partial charge is 0.393 e. The van der Waals surface area contributed by atoms with Crippen molar-refractivity contribution in [2.24, 2.45) is 0 Å². The minimum absolute atomic E-state index is 0.156. The first-order chi connectivity index (χ1) is 12.6. The first-order valence-electron chi connectivity index (χ1n) is 9.15. The highest BCUT2D eigenvalue weighted by Crippen LogP contribution is 2.29. The van der Waals surface area contributed by atoms with Crippen LogP contribution in [-0.2, 0) is 6.54 Å². The summed E-state index contributed by atoms with van der Waals surface area (Å²) >= 11 is 1.65. The van der Waals surface area contributed by atoms with Crippen LogP contribution in [0.25, 0.3) is 16.2 Å². The highest BCUT2D eigenvalue weighted by Gasteiger charge is 2.30. The van der Waals surface area contributed by atoms with Gasteiger partial charge in [-0.25, -0.2) is 4.98 Å². The van der Waals surface area contributed by atoms with Crippen LogP contribution in [0.3, 0.4) is 0 Å². The van der Waals surface area contributed by atoms with Gasteiger partial charge in [0, 0.05) is 30.2 Å². The zero-order valence-corrected chi connectivity index (χ0v) is 15.9. The molecule has 6 heteroatoms. The molecule has 5 nitrogen and oxygen atoms in total. The number of aromatic nitrogens is 2. The van der Waals surface area contributed by atoms with E-state index in [4.69, 9.17) is 4.98 Å². The quantitative estimate of drug-likeness (QED) is 0.740. The molecule has 0 radical (unpaired) electrons. The molecular weight excluding hydrogens is 346 g/mol. The molecule has 0 amide bonds. The van der Waals surface area contributed by atoms with Crippen LogP contribution < -0.4 is 0 Å². The number of likely N-dealkylation sites (tertiary alicyclic amines) is 1. The maximum Gasteiger partial charge on any atom is 0.194 e. The minimum atomic E-state index is -0.927. The van der Waals surface area contributed by atoms with E-state index in [2.05, 4.69) is 52.1 Å². The molecule has 1 saturated heterocycles. The highest BCUT2D eigenvalue weighted by molar-refractivity contribution is 7.15. The molecule has 3 aromatic rings. The summed E-state index contributed by atoms with van der Waals surface area (Å²) in [6.45, 7) is 4.43. The molecule has 26 heavy (non-hydrogen) atoms. The monoisotopic (exact) mass is 371 g/mol. The molecule has 138 valence electrons. The van der Waals surface area contributed by atoms with E-state index in [0.29, 0.717) is 12.8 Å². The molecule has 0 bridgehead atoms. The second-order valence-corrected chi connectivity index (χ2v) is 8.21. The van der Waals surface area contributed by atoms with Crippen LogP contribution in [0.1, 0.15) is 30.5 Å². The summed E-state index contributed by atoms with van der Waals surface area (Å²) in [6, 6.07) is 8.52. The van der Waals surface area contributed by atoms with Gasteiger partial charge in [-0.1, -0.05) is 29.8 Å². The van der Waals surface area contributed by atoms with E-state index in [-0.39, 0.29) is 6.61 Å². The Morgan fingerprint density at radius 3 is 2.77 bits per heavy atom. The predicted octanol–water partition coefficient (Wildman–Crippen LogP) is 3.08. The highest BCUT2D eigenvalue weighted by atomic mass is 32.1. The van der Waals surface area contributed by atoms with Crippen LogP contribution in [0.4, 0.5) is 0 Å². The first kappa shape index (κ1) is 17.7. The number of hydrogen-bond acceptors (Lipinski definition) is 5. The Morgan fingerprint density at radius 1 is 1.19 bits per heavy atom. The number of aliphatic hydroxyl groups is 2. The zero-order valence-electron chi connectivity index (χ0n) is 15.1. The van der Waals surface area contributed by atoms with Crippen LogP contribution in [0.5, 0.6) is 0 Å². The second-order valence-electron chi connectivity index (χ2n) is 7.34. The number of thiazole rings is 1. The SMILES string of the molecule is Cc1ccc(-c2nc3sccn3c2CN2CCC[C@](O)(CO)CC2)cc1. The molecule has 1 aromatic carbocycles. The van der Waals surface area contributed by atoms with Crippen molar-refractivity contribution in [3.05, 3.63) is 47.1 Å². The van der Waals surface area contributed by atoms with Gasteiger partial charge in [0.2, 0.25) is 0 Å². The van der Waals surface area contributed by atoms with Crippen LogP contribution in [0.2, 0.25) is 0 Å². The van der Waals surface area contributed by atoms with E-state index < -0.39 is 5.60 Å². The molecule has 0 unspecified atom stereocenters. The minimum Gasteiger partial charge on any atom is -0.393 e. The lowest BCUT2D eigenvalue weighted by Crippen LogP contribution is -2.34. The third-order valence-corrected chi connectivity index (χ3v) is 6.12. The summed E-state index contributed by atoms with van der Waals surface area (Å²) in [5.41, 5.74) is 3.69. The lowest BCUT2D eigenvalue weighted by molar-refractivity contribution is -0.0255. The molecule has 0 spiro atoms. The molecular formula is C20H25N3O2S. The van der Waals surface area contributed by atoms with Crippen molar-refractivity contribution in [2.75, 3.05) is 19.7 Å². The number of aliphatic hydroxyl groups excluding tert-OH is 1. The summed E-state index contributed by atoms with van der Waals surface area (Å²) in [4.78, 5) is 8.25. The standard InChI is InChI=1S/C20H25N3O2S/c1-15-3-5-16(6-4-15)18-17(23-11-12-26-19(23)21-18)13-22-9-2-7-20(25,14-24)8-10-22/h3-6,11-12,24-25H,2,7-10,13-14H2,1H3/t20-/m1/s1. The lowest BCUT2D eigenvalue weighted by Gasteiger charge is -2.24. The van der Waals surface area contributed by atoms with E-state index in [9.17, 15) is 10.2 Å². The van der Waals surface area contributed by atoms with Gasteiger partial charge in [-0.3, -0.25) is 9.30 Å². The van der Waals surface area contributed by atoms with Crippen molar-refractivity contribution >= 4 is 16.3 Å². The zero-order chi connectivity index (χ0) is 18.1. The van der Waals surface area contributed by atoms with Crippen LogP contribution in [0.15, 0.2) is 35.8 Å². The number of fused-ring (bicyclic) bond motifs is 1. The van der Waals surface area contributed by atoms with Crippen LogP contribution in [-0.4, -0.2) is 49.8 Å². The van der Waals surface area contributed by atoms with Crippen molar-refractivity contribution in [1.29, 1.82) is 0 Å². The normalized spacial score (nSPS) is 22.0. The average molecular weight is 372 g/mol. The van der Waals surface area contributed by atoms with Crippen molar-refractivity contribution in [1.82, 2.24) is 14.3 Å². The summed E-state index contributed by atoms with van der Waals surface area (Å²) in [6.07, 6.45) is 4.24. The lowest BCUT2D eigenvalue weighted by atomic mass is 9.96. The maximum atomic E-state index is 10.4. The average Bonchev–Trinajstić information content (AvgIpc) is 3.17. The van der Waals surface area contributed by atoms with Crippen molar-refractivity contribution in [3.63, 3.8) is 0 Å². The van der Waals surface area contributed by atoms with Gasteiger partial charge < -0.3 is 10.2 Å². The molecule has 1 atom stereocenters. The summed E-state index contributed by atoms with van der Waals surface area (Å²) in [5, 5.41) is 21.9. The molecule has 1 aliphatic heterocycles. The van der Waals surface area contributed by atoms with Gasteiger partial charge in [0.15, 0.2) is 4.96 Å². The fourth-order valence-corrected chi connectivity index (χ4v) is 4.42. The molecule has 3 heterocycles. The van der Waals surface area contributed by atoms with Crippen molar-refractivity contribution in [2.45, 2.75) is 38.3 Å². The Hall–Kier alpha value is -1.73. The molecule has 0 aliphatic carbocycles. The van der Waals surface area contributed by atoms with Crippen molar-refractivity contribution < 1.29 is 10.2 Å². The molecule has 4 rings (SSSR count). The summed E-state index contributed by atoms with van der Waals surface area (Å²) in [7, 11) is 0. The van der Waals surface area contributed by atoms with E-state index >= 15 is 0 Å². The number of nitrogens with zero attached hydrogens (tertiary/aromatic N) is 3. The van der Waals surface area contributed by atoms with Crippen LogP contribution in [0, 0.1) is 6.92 Å². The summed E-state index contributed by atoms with van der Waals surface area (Å²) in [5.74, 6) is 0. The van der Waals surface area contributed by atoms with E-state index in [1.54, 1.807) is 11.3 Å². The van der Waals surface area contributed by atoms with Gasteiger partial charge in [0.05, 0.1) is 23.6 Å². The third-order valence-electron chi connectivity index (χ3n) is 5.36. The first-order valence-corrected chi connectivity index (χ1v) is 10.0. The molecule has 2 aromatic heterocycles. The number of aryl methyl sites for hydroxylation is 1. The number of hydrogen-bond donors (Lipinski definition) is 2. The third kappa shape index (κ3) is 3.42. The smallest absolute Gasteiger partial charge is 0.194 e. The van der Waals surface area contributed by atoms with Gasteiger partial charge in [0.1, 0.15) is 0 Å². The Balaban J connectivity index is 1.64. The number of benzene rings is 1. The maximum absolute atomic E-state index is 10.4. The van der Waals surface area contributed by atoms with E-state index in [1.165, 1.54) is 11.3 Å². The van der Waals surface area contributed by atoms with E-state index in [0.717, 1.165) is 42.3 Å². The van der Waals surface area contributed by atoms with Gasteiger partial charge in [-0.05, 0) is 32.7 Å². The van der Waals surface area contributed by atoms with Gasteiger partial charge >= 0.3 is 0 Å². The van der Waals surface area contributed by atoms with Gasteiger partial charge in [-0.2, -0.15) is 0 Å². The fourth-order valence-electron chi connectivity index (χ4n) is 3.69. The molecule has 1 fully saturated rings. The van der Waals surface area contributed by atoms with Crippen molar-refractivity contribution in [3.8, 4) is 11.3 Å². The van der Waals surface area contributed by atoms with E-state index in [1.807, 2.05) is 0 Å². The number of rotatable bonds is 4.